The Morgan fingerprint density at radius 3 is 2.41 bits per heavy atom. The van der Waals surface area contributed by atoms with Gasteiger partial charge in [0.2, 0.25) is 0 Å². The molecule has 5 atom stereocenters. The molecule has 0 spiro atoms. The molecule has 2 rings (SSSR count). The van der Waals surface area contributed by atoms with Gasteiger partial charge in [-0.05, 0) is 75.7 Å². The summed E-state index contributed by atoms with van der Waals surface area (Å²) < 4.78 is 13.0. The van der Waals surface area contributed by atoms with E-state index in [1.807, 2.05) is 53.0 Å². The molecule has 0 aliphatic carbocycles. The van der Waals surface area contributed by atoms with Gasteiger partial charge in [0.25, 0.3) is 0 Å². The van der Waals surface area contributed by atoms with Crippen LogP contribution in [-0.2, 0) is 18.8 Å². The number of hydrogen-bond donors (Lipinski definition) is 1. The van der Waals surface area contributed by atoms with Gasteiger partial charge in [0.15, 0.2) is 8.32 Å². The number of esters is 1. The van der Waals surface area contributed by atoms with E-state index in [4.69, 9.17) is 9.16 Å². The van der Waals surface area contributed by atoms with Crippen LogP contribution in [0.1, 0.15) is 105 Å². The molecule has 0 aromatic carbocycles. The number of aromatic nitrogens is 1. The third-order valence-corrected chi connectivity index (χ3v) is 14.5. The SMILES string of the molecule is C/C1=C/C[C@@H](/C(C)=C/c2csc(C)n2)OC(=O)C[C@H](O[Si](C)(C)C(C)(C)C)C(C)(C)C(=O)[C@H](C)C(O)[C@H](C)CCC1. The van der Waals surface area contributed by atoms with Crippen LogP contribution >= 0.6 is 11.3 Å². The first-order valence-electron chi connectivity index (χ1n) is 15.1. The number of Topliss-reactive ketones (excluding diaryl/α,β-unsaturated/α-hetero) is 1. The Hall–Kier alpha value is -1.61. The van der Waals surface area contributed by atoms with Crippen LogP contribution in [0.5, 0.6) is 0 Å². The van der Waals surface area contributed by atoms with Crippen LogP contribution in [-0.4, -0.2) is 48.5 Å². The van der Waals surface area contributed by atoms with Crippen molar-refractivity contribution in [3.05, 3.63) is 33.3 Å². The van der Waals surface area contributed by atoms with Gasteiger partial charge in [-0.1, -0.05) is 60.1 Å². The van der Waals surface area contributed by atoms with E-state index in [9.17, 15) is 14.7 Å². The highest BCUT2D eigenvalue weighted by Gasteiger charge is 2.48. The molecule has 1 unspecified atom stereocenters. The smallest absolute Gasteiger partial charge is 0.309 e. The summed E-state index contributed by atoms with van der Waals surface area (Å²) in [6, 6.07) is 0. The van der Waals surface area contributed by atoms with Crippen molar-refractivity contribution < 1.29 is 23.9 Å². The van der Waals surface area contributed by atoms with Gasteiger partial charge in [0.1, 0.15) is 11.9 Å². The quantitative estimate of drug-likeness (QED) is 0.211. The number of ketones is 1. The predicted molar refractivity (Wildman–Crippen MR) is 172 cm³/mol. The minimum atomic E-state index is -2.36. The van der Waals surface area contributed by atoms with Crippen LogP contribution in [0.15, 0.2) is 22.6 Å². The Morgan fingerprint density at radius 1 is 1.22 bits per heavy atom. The number of hydrogen-bond acceptors (Lipinski definition) is 7. The summed E-state index contributed by atoms with van der Waals surface area (Å²) in [7, 11) is -2.36. The number of nitrogens with zero attached hydrogens (tertiary/aromatic N) is 1. The molecular weight excluding hydrogens is 551 g/mol. The molecule has 8 heteroatoms. The highest BCUT2D eigenvalue weighted by Crippen LogP contribution is 2.42. The Bertz CT molecular complexity index is 1110. The molecule has 1 aliphatic rings. The Balaban J connectivity index is 2.53. The molecule has 232 valence electrons. The number of aliphatic hydroxyl groups is 1. The number of ether oxygens (including phenoxy) is 1. The van der Waals surface area contributed by atoms with Gasteiger partial charge in [-0.3, -0.25) is 9.59 Å². The van der Waals surface area contributed by atoms with Crippen LogP contribution in [0.25, 0.3) is 6.08 Å². The number of aryl methyl sites for hydroxylation is 1. The lowest BCUT2D eigenvalue weighted by molar-refractivity contribution is -0.153. The van der Waals surface area contributed by atoms with E-state index < -0.39 is 38.0 Å². The fraction of sp³-hybridized carbons (Fsp3) is 0.727. The van der Waals surface area contributed by atoms with Gasteiger partial charge in [0, 0.05) is 23.1 Å². The zero-order valence-corrected chi connectivity index (χ0v) is 29.4. The number of rotatable bonds is 4. The van der Waals surface area contributed by atoms with E-state index in [1.165, 1.54) is 5.57 Å². The second-order valence-corrected chi connectivity index (χ2v) is 20.1. The lowest BCUT2D eigenvalue weighted by Crippen LogP contribution is -2.52. The summed E-state index contributed by atoms with van der Waals surface area (Å²) in [5.41, 5.74) is 2.01. The van der Waals surface area contributed by atoms with Crippen molar-refractivity contribution in [3.8, 4) is 0 Å². The molecule has 41 heavy (non-hydrogen) atoms. The predicted octanol–water partition coefficient (Wildman–Crippen LogP) is 8.30. The van der Waals surface area contributed by atoms with Crippen LogP contribution < -0.4 is 0 Å². The number of thiazole rings is 1. The molecule has 1 N–H and O–H groups in total. The van der Waals surface area contributed by atoms with E-state index >= 15 is 0 Å². The fourth-order valence-corrected chi connectivity index (χ4v) is 7.12. The van der Waals surface area contributed by atoms with Crippen molar-refractivity contribution in [2.24, 2.45) is 17.3 Å². The highest BCUT2D eigenvalue weighted by molar-refractivity contribution is 7.09. The maximum atomic E-state index is 14.0. The third kappa shape index (κ3) is 9.70. The van der Waals surface area contributed by atoms with Crippen molar-refractivity contribution in [1.29, 1.82) is 0 Å². The lowest BCUT2D eigenvalue weighted by Gasteiger charge is -2.44. The molecule has 1 aromatic heterocycles. The highest BCUT2D eigenvalue weighted by atomic mass is 32.1. The number of allylic oxidation sites excluding steroid dienone is 1. The summed E-state index contributed by atoms with van der Waals surface area (Å²) in [5, 5.41) is 14.1. The largest absolute Gasteiger partial charge is 0.457 e. The number of carbonyl (C=O) groups excluding carboxylic acids is 2. The van der Waals surface area contributed by atoms with Gasteiger partial charge >= 0.3 is 5.97 Å². The summed E-state index contributed by atoms with van der Waals surface area (Å²) in [5.74, 6) is -1.06. The number of aliphatic hydroxyl groups excluding tert-OH is 1. The van der Waals surface area contributed by atoms with E-state index in [2.05, 4.69) is 51.8 Å². The molecular formula is C33H55NO5SSi. The van der Waals surface area contributed by atoms with Crippen LogP contribution in [0.4, 0.5) is 0 Å². The summed E-state index contributed by atoms with van der Waals surface area (Å²) in [4.78, 5) is 32.2. The van der Waals surface area contributed by atoms with E-state index in [1.54, 1.807) is 11.3 Å². The molecule has 0 bridgehead atoms. The molecule has 0 radical (unpaired) electrons. The molecule has 0 saturated heterocycles. The first kappa shape index (κ1) is 35.6. The molecule has 0 saturated carbocycles. The normalized spacial score (nSPS) is 29.5. The van der Waals surface area contributed by atoms with E-state index in [-0.39, 0.29) is 29.1 Å². The van der Waals surface area contributed by atoms with Crippen LogP contribution in [0.3, 0.4) is 0 Å². The molecule has 0 fully saturated rings. The zero-order chi connectivity index (χ0) is 31.3. The number of carbonyl (C=O) groups is 2. The first-order valence-corrected chi connectivity index (χ1v) is 18.9. The maximum Gasteiger partial charge on any atom is 0.309 e. The third-order valence-electron chi connectivity index (χ3n) is 9.25. The zero-order valence-electron chi connectivity index (χ0n) is 27.6. The Kier molecular flexibility index (Phi) is 12.4. The van der Waals surface area contributed by atoms with Gasteiger partial charge in [-0.2, -0.15) is 0 Å². The van der Waals surface area contributed by atoms with E-state index in [0.29, 0.717) is 6.42 Å². The standard InChI is InChI=1S/C33H55NO5SSi/c1-21-14-13-15-22(2)30(36)24(4)31(37)33(9,10)28(39-41(11,12)32(6,7)8)19-29(35)38-27(17-16-21)23(3)18-26-20-40-25(5)34-26/h16,18,20,22,24,27-28,30,36H,13-15,17,19H2,1-12H3/b21-16-,23-18+/t22-,24-,27+,28+,30?/m1/s1. The Labute approximate surface area is 254 Å². The topological polar surface area (TPSA) is 85.7 Å². The summed E-state index contributed by atoms with van der Waals surface area (Å²) in [6.07, 6.45) is 5.44. The molecule has 1 aliphatic heterocycles. The van der Waals surface area contributed by atoms with Crippen molar-refractivity contribution in [1.82, 2.24) is 4.98 Å². The summed E-state index contributed by atoms with van der Waals surface area (Å²) in [6.45, 7) is 24.3. The second-order valence-electron chi connectivity index (χ2n) is 14.3. The first-order chi connectivity index (χ1) is 18.8. The fourth-order valence-electron chi connectivity index (χ4n) is 5.11. The second kappa shape index (κ2) is 14.2. The van der Waals surface area contributed by atoms with Crippen molar-refractivity contribution in [3.63, 3.8) is 0 Å². The average molecular weight is 606 g/mol. The minimum Gasteiger partial charge on any atom is -0.457 e. The average Bonchev–Trinajstić information content (AvgIpc) is 3.27. The van der Waals surface area contributed by atoms with Crippen molar-refractivity contribution in [2.45, 2.75) is 138 Å². The van der Waals surface area contributed by atoms with Gasteiger partial charge in [-0.15, -0.1) is 11.3 Å². The van der Waals surface area contributed by atoms with Crippen molar-refractivity contribution >= 4 is 37.5 Å². The van der Waals surface area contributed by atoms with Crippen molar-refractivity contribution in [2.75, 3.05) is 0 Å². The molecule has 6 nitrogen and oxygen atoms in total. The van der Waals surface area contributed by atoms with E-state index in [0.717, 1.165) is 35.5 Å². The van der Waals surface area contributed by atoms with Gasteiger partial charge in [-0.25, -0.2) is 4.98 Å². The van der Waals surface area contributed by atoms with Crippen LogP contribution in [0, 0.1) is 24.2 Å². The minimum absolute atomic E-state index is 0.0188. The monoisotopic (exact) mass is 605 g/mol. The molecule has 1 aromatic rings. The maximum absolute atomic E-state index is 14.0. The van der Waals surface area contributed by atoms with Gasteiger partial charge in [0.05, 0.1) is 29.3 Å². The van der Waals surface area contributed by atoms with Gasteiger partial charge < -0.3 is 14.3 Å². The lowest BCUT2D eigenvalue weighted by atomic mass is 9.73. The van der Waals surface area contributed by atoms with Crippen LogP contribution in [0.2, 0.25) is 18.1 Å². The summed E-state index contributed by atoms with van der Waals surface area (Å²) >= 11 is 1.59. The molecule has 0 amide bonds. The Morgan fingerprint density at radius 2 is 1.85 bits per heavy atom. The number of cyclic esters (lactones) is 1. The molecule has 2 heterocycles.